The molecule has 4 nitrogen and oxygen atoms in total. The van der Waals surface area contributed by atoms with E-state index in [1.807, 2.05) is 6.20 Å². The lowest BCUT2D eigenvalue weighted by Gasteiger charge is -2.22. The zero-order valence-corrected chi connectivity index (χ0v) is 14.1. The topological polar surface area (TPSA) is 31.4 Å². The molecule has 1 aliphatic rings. The maximum Gasteiger partial charge on any atom is 0.128 e. The summed E-state index contributed by atoms with van der Waals surface area (Å²) in [5, 5.41) is 3.46. The maximum absolute atomic E-state index is 4.65. The van der Waals surface area contributed by atoms with Crippen molar-refractivity contribution in [3.05, 3.63) is 23.9 Å². The van der Waals surface area contributed by atoms with Crippen LogP contribution in [0.2, 0.25) is 0 Å². The number of nitrogens with zero attached hydrogens (tertiary/aromatic N) is 3. The van der Waals surface area contributed by atoms with E-state index >= 15 is 0 Å². The van der Waals surface area contributed by atoms with Gasteiger partial charge in [-0.15, -0.1) is 0 Å². The molecule has 1 aliphatic heterocycles. The van der Waals surface area contributed by atoms with Crippen molar-refractivity contribution >= 4 is 5.82 Å². The maximum atomic E-state index is 4.65. The first-order valence-electron chi connectivity index (χ1n) is 8.04. The zero-order valence-electron chi connectivity index (χ0n) is 14.1. The third-order valence-electron chi connectivity index (χ3n) is 4.25. The van der Waals surface area contributed by atoms with E-state index < -0.39 is 0 Å². The highest BCUT2D eigenvalue weighted by Gasteiger charge is 2.31. The van der Waals surface area contributed by atoms with Crippen molar-refractivity contribution in [1.29, 1.82) is 0 Å². The quantitative estimate of drug-likeness (QED) is 0.870. The number of pyridine rings is 1. The van der Waals surface area contributed by atoms with Crippen LogP contribution in [-0.2, 0) is 6.54 Å². The van der Waals surface area contributed by atoms with Gasteiger partial charge in [-0.2, -0.15) is 0 Å². The number of anilines is 1. The van der Waals surface area contributed by atoms with Gasteiger partial charge in [0.05, 0.1) is 0 Å². The normalized spacial score (nSPS) is 22.5. The summed E-state index contributed by atoms with van der Waals surface area (Å²) in [6.07, 6.45) is 2.01. The summed E-state index contributed by atoms with van der Waals surface area (Å²) in [6, 6.07) is 4.99. The van der Waals surface area contributed by atoms with Gasteiger partial charge >= 0.3 is 0 Å². The second-order valence-electron chi connectivity index (χ2n) is 6.96. The van der Waals surface area contributed by atoms with Crippen LogP contribution in [0.1, 0.15) is 26.3 Å². The smallest absolute Gasteiger partial charge is 0.128 e. The monoisotopic (exact) mass is 290 g/mol. The molecule has 2 rings (SSSR count). The Bertz CT molecular complexity index is 427. The Morgan fingerprint density at radius 3 is 2.62 bits per heavy atom. The molecule has 1 saturated heterocycles. The molecule has 0 bridgehead atoms. The van der Waals surface area contributed by atoms with Gasteiger partial charge in [-0.1, -0.05) is 26.8 Å². The molecule has 1 N–H and O–H groups in total. The highest BCUT2D eigenvalue weighted by atomic mass is 15.3. The van der Waals surface area contributed by atoms with Gasteiger partial charge in [-0.3, -0.25) is 0 Å². The van der Waals surface area contributed by atoms with Crippen molar-refractivity contribution in [1.82, 2.24) is 15.2 Å². The molecule has 2 unspecified atom stereocenters. The van der Waals surface area contributed by atoms with Crippen LogP contribution in [0.5, 0.6) is 0 Å². The van der Waals surface area contributed by atoms with Crippen molar-refractivity contribution in [2.24, 2.45) is 11.8 Å². The van der Waals surface area contributed by atoms with E-state index in [1.165, 1.54) is 5.56 Å². The molecule has 1 fully saturated rings. The van der Waals surface area contributed by atoms with Crippen LogP contribution in [0.4, 0.5) is 5.82 Å². The van der Waals surface area contributed by atoms with Gasteiger partial charge in [0.15, 0.2) is 0 Å². The highest BCUT2D eigenvalue weighted by molar-refractivity contribution is 5.41. The summed E-state index contributed by atoms with van der Waals surface area (Å²) in [5.74, 6) is 2.49. The Labute approximate surface area is 129 Å². The molecule has 4 heteroatoms. The van der Waals surface area contributed by atoms with Crippen LogP contribution in [0.15, 0.2) is 18.3 Å². The number of nitrogens with one attached hydrogen (secondary N) is 1. The Hall–Kier alpha value is -1.13. The Morgan fingerprint density at radius 2 is 2.10 bits per heavy atom. The van der Waals surface area contributed by atoms with E-state index in [0.717, 1.165) is 32.0 Å². The van der Waals surface area contributed by atoms with Crippen molar-refractivity contribution in [3.8, 4) is 0 Å². The van der Waals surface area contributed by atoms with E-state index in [9.17, 15) is 0 Å². The number of rotatable bonds is 6. The fourth-order valence-electron chi connectivity index (χ4n) is 3.02. The minimum absolute atomic E-state index is 0.624. The fraction of sp³-hybridized carbons (Fsp3) is 0.706. The predicted octanol–water partition coefficient (Wildman–Crippen LogP) is 2.21. The standard InChI is InChI=1S/C17H30N4/c1-13(2)8-18-9-15-6-7-17(19-10-15)21-11-14(3)16(12-21)20(4)5/h6-7,10,13-14,16,18H,8-9,11-12H2,1-5H3. The summed E-state index contributed by atoms with van der Waals surface area (Å²) in [5.41, 5.74) is 1.26. The second kappa shape index (κ2) is 7.23. The van der Waals surface area contributed by atoms with Gasteiger partial charge in [-0.25, -0.2) is 4.98 Å². The Kier molecular flexibility index (Phi) is 5.59. The minimum atomic E-state index is 0.624. The Morgan fingerprint density at radius 1 is 1.33 bits per heavy atom. The van der Waals surface area contributed by atoms with Crippen LogP contribution in [0.25, 0.3) is 0 Å². The summed E-state index contributed by atoms with van der Waals surface area (Å²) in [7, 11) is 4.34. The van der Waals surface area contributed by atoms with Crippen LogP contribution in [0, 0.1) is 11.8 Å². The van der Waals surface area contributed by atoms with E-state index in [0.29, 0.717) is 17.9 Å². The lowest BCUT2D eigenvalue weighted by atomic mass is 10.1. The molecule has 21 heavy (non-hydrogen) atoms. The summed E-state index contributed by atoms with van der Waals surface area (Å²) in [4.78, 5) is 9.39. The molecule has 118 valence electrons. The van der Waals surface area contributed by atoms with Gasteiger partial charge in [0, 0.05) is 31.9 Å². The van der Waals surface area contributed by atoms with E-state index in [1.54, 1.807) is 0 Å². The molecular formula is C17H30N4. The summed E-state index contributed by atoms with van der Waals surface area (Å²) >= 11 is 0. The van der Waals surface area contributed by atoms with Crippen molar-refractivity contribution in [3.63, 3.8) is 0 Å². The van der Waals surface area contributed by atoms with Crippen molar-refractivity contribution < 1.29 is 0 Å². The first-order chi connectivity index (χ1) is 9.97. The largest absolute Gasteiger partial charge is 0.355 e. The van der Waals surface area contributed by atoms with Gasteiger partial charge in [0.2, 0.25) is 0 Å². The molecule has 0 amide bonds. The van der Waals surface area contributed by atoms with Crippen LogP contribution < -0.4 is 10.2 Å². The van der Waals surface area contributed by atoms with E-state index in [-0.39, 0.29) is 0 Å². The summed E-state index contributed by atoms with van der Waals surface area (Å²) < 4.78 is 0. The lowest BCUT2D eigenvalue weighted by molar-refractivity contribution is 0.266. The van der Waals surface area contributed by atoms with E-state index in [4.69, 9.17) is 0 Å². The first kappa shape index (κ1) is 16.2. The molecule has 0 spiro atoms. The predicted molar refractivity (Wildman–Crippen MR) is 89.6 cm³/mol. The zero-order chi connectivity index (χ0) is 15.4. The number of likely N-dealkylation sites (N-methyl/N-ethyl adjacent to an activating group) is 1. The number of hydrogen-bond acceptors (Lipinski definition) is 4. The number of hydrogen-bond donors (Lipinski definition) is 1. The Balaban J connectivity index is 1.90. The van der Waals surface area contributed by atoms with Gasteiger partial charge in [0.25, 0.3) is 0 Å². The molecule has 1 aromatic heterocycles. The molecule has 2 atom stereocenters. The van der Waals surface area contributed by atoms with Crippen LogP contribution in [-0.4, -0.2) is 49.7 Å². The molecular weight excluding hydrogens is 260 g/mol. The third kappa shape index (κ3) is 4.42. The highest BCUT2D eigenvalue weighted by Crippen LogP contribution is 2.24. The fourth-order valence-corrected chi connectivity index (χ4v) is 3.02. The molecule has 0 radical (unpaired) electrons. The van der Waals surface area contributed by atoms with Gasteiger partial charge in [0.1, 0.15) is 5.82 Å². The van der Waals surface area contributed by atoms with Crippen LogP contribution in [0.3, 0.4) is 0 Å². The average molecular weight is 290 g/mol. The van der Waals surface area contributed by atoms with Gasteiger partial charge in [-0.05, 0) is 44.1 Å². The molecule has 0 aromatic carbocycles. The number of aromatic nitrogens is 1. The summed E-state index contributed by atoms with van der Waals surface area (Å²) in [6.45, 7) is 10.9. The molecule has 2 heterocycles. The first-order valence-corrected chi connectivity index (χ1v) is 8.04. The molecule has 1 aromatic rings. The van der Waals surface area contributed by atoms with E-state index in [2.05, 4.69) is 67.1 Å². The minimum Gasteiger partial charge on any atom is -0.355 e. The average Bonchev–Trinajstić information content (AvgIpc) is 2.81. The molecule has 0 aliphatic carbocycles. The second-order valence-corrected chi connectivity index (χ2v) is 6.96. The molecule has 0 saturated carbocycles. The van der Waals surface area contributed by atoms with Crippen LogP contribution >= 0.6 is 0 Å². The van der Waals surface area contributed by atoms with Crippen molar-refractivity contribution in [2.45, 2.75) is 33.4 Å². The van der Waals surface area contributed by atoms with Gasteiger partial charge < -0.3 is 15.1 Å². The van der Waals surface area contributed by atoms with Crippen molar-refractivity contribution in [2.75, 3.05) is 38.6 Å². The lowest BCUT2D eigenvalue weighted by Crippen LogP contribution is -2.34. The SMILES string of the molecule is CC(C)CNCc1ccc(N2CC(C)C(N(C)C)C2)nc1. The third-order valence-corrected chi connectivity index (χ3v) is 4.25.